The van der Waals surface area contributed by atoms with Gasteiger partial charge in [0.1, 0.15) is 17.2 Å². The first kappa shape index (κ1) is 24.9. The van der Waals surface area contributed by atoms with Gasteiger partial charge < -0.3 is 24.8 Å². The molecule has 0 unspecified atom stereocenters. The number of carbonyl (C=O) groups excluding carboxylic acids is 2. The molecule has 0 aromatic heterocycles. The summed E-state index contributed by atoms with van der Waals surface area (Å²) in [6, 6.07) is 4.16. The Labute approximate surface area is 183 Å². The van der Waals surface area contributed by atoms with Crippen LogP contribution in [0.25, 0.3) is 0 Å². The molecular formula is C23H35FN2O5. The van der Waals surface area contributed by atoms with Gasteiger partial charge in [0.15, 0.2) is 0 Å². The van der Waals surface area contributed by atoms with Crippen molar-refractivity contribution in [3.8, 4) is 5.75 Å². The van der Waals surface area contributed by atoms with Gasteiger partial charge in [0, 0.05) is 25.7 Å². The Kier molecular flexibility index (Phi) is 9.10. The van der Waals surface area contributed by atoms with Crippen molar-refractivity contribution in [2.45, 2.75) is 65.1 Å². The van der Waals surface area contributed by atoms with E-state index < -0.39 is 23.4 Å². The summed E-state index contributed by atoms with van der Waals surface area (Å²) in [7, 11) is 0. The number of nitrogens with zero attached hydrogens (tertiary/aromatic N) is 1. The third-order valence-corrected chi connectivity index (χ3v) is 5.03. The third-order valence-electron chi connectivity index (χ3n) is 5.03. The number of aliphatic hydroxyl groups is 1. The van der Waals surface area contributed by atoms with Crippen LogP contribution in [0.5, 0.6) is 5.75 Å². The standard InChI is InChI=1S/C23H35FN2O5/c1-16(27)15-25-21(28)19-8-7-18(14-20(19)24)30-13-5-6-17-9-11-26(12-10-17)22(29)31-23(2,3)4/h7-8,14,16-17,27H,5-6,9-13,15H2,1-4H3,(H,25,28)/t16-/m1/s1. The molecule has 1 heterocycles. The second-order valence-electron chi connectivity index (χ2n) is 9.10. The first-order valence-corrected chi connectivity index (χ1v) is 10.9. The fraction of sp³-hybridized carbons (Fsp3) is 0.652. The Morgan fingerprint density at radius 1 is 1.29 bits per heavy atom. The Morgan fingerprint density at radius 2 is 1.97 bits per heavy atom. The SMILES string of the molecule is C[C@@H](O)CNC(=O)c1ccc(OCCCC2CCN(C(=O)OC(C)(C)C)CC2)cc1F. The minimum Gasteiger partial charge on any atom is -0.493 e. The maximum atomic E-state index is 14.2. The van der Waals surface area contributed by atoms with Crippen LogP contribution < -0.4 is 10.1 Å². The molecule has 1 aromatic carbocycles. The maximum Gasteiger partial charge on any atom is 0.410 e. The van der Waals surface area contributed by atoms with Crippen molar-refractivity contribution in [1.82, 2.24) is 10.2 Å². The summed E-state index contributed by atoms with van der Waals surface area (Å²) in [5.74, 6) is -0.318. The van der Waals surface area contributed by atoms with Gasteiger partial charge in [0.2, 0.25) is 0 Å². The Hall–Kier alpha value is -2.35. The lowest BCUT2D eigenvalue weighted by atomic mass is 9.92. The van der Waals surface area contributed by atoms with Crippen LogP contribution in [0.15, 0.2) is 18.2 Å². The molecular weight excluding hydrogens is 403 g/mol. The molecule has 1 saturated heterocycles. The topological polar surface area (TPSA) is 88.1 Å². The van der Waals surface area contributed by atoms with Gasteiger partial charge in [0.05, 0.1) is 18.3 Å². The van der Waals surface area contributed by atoms with E-state index in [1.807, 2.05) is 20.8 Å². The van der Waals surface area contributed by atoms with Crippen LogP contribution in [0.4, 0.5) is 9.18 Å². The molecule has 0 saturated carbocycles. The average molecular weight is 439 g/mol. The zero-order valence-corrected chi connectivity index (χ0v) is 18.9. The van der Waals surface area contributed by atoms with Crippen LogP contribution in [-0.2, 0) is 4.74 Å². The van der Waals surface area contributed by atoms with Crippen LogP contribution in [-0.4, -0.2) is 60.0 Å². The molecule has 1 aliphatic rings. The minimum atomic E-state index is -0.695. The second-order valence-corrected chi connectivity index (χ2v) is 9.10. The highest BCUT2D eigenvalue weighted by atomic mass is 19.1. The number of hydrogen-bond acceptors (Lipinski definition) is 5. The molecule has 2 rings (SSSR count). The molecule has 31 heavy (non-hydrogen) atoms. The Bertz CT molecular complexity index is 740. The molecule has 0 aliphatic carbocycles. The van der Waals surface area contributed by atoms with Crippen molar-refractivity contribution < 1.29 is 28.6 Å². The molecule has 174 valence electrons. The Morgan fingerprint density at radius 3 is 2.55 bits per heavy atom. The smallest absolute Gasteiger partial charge is 0.410 e. The molecule has 8 heteroatoms. The third kappa shape index (κ3) is 8.73. The first-order chi connectivity index (χ1) is 14.5. The fourth-order valence-electron chi connectivity index (χ4n) is 3.40. The second kappa shape index (κ2) is 11.3. The van der Waals surface area contributed by atoms with E-state index in [-0.39, 0.29) is 18.2 Å². The quantitative estimate of drug-likeness (QED) is 0.604. The number of likely N-dealkylation sites (tertiary alicyclic amines) is 1. The number of piperidine rings is 1. The number of rotatable bonds is 8. The van der Waals surface area contributed by atoms with Crippen molar-refractivity contribution in [2.24, 2.45) is 5.92 Å². The summed E-state index contributed by atoms with van der Waals surface area (Å²) in [6.07, 6.45) is 2.73. The lowest BCUT2D eigenvalue weighted by Gasteiger charge is -2.33. The van der Waals surface area contributed by atoms with Crippen LogP contribution in [0.1, 0.15) is 63.7 Å². The van der Waals surface area contributed by atoms with E-state index in [2.05, 4.69) is 5.32 Å². The van der Waals surface area contributed by atoms with E-state index >= 15 is 0 Å². The van der Waals surface area contributed by atoms with Crippen molar-refractivity contribution in [3.05, 3.63) is 29.6 Å². The molecule has 1 atom stereocenters. The molecule has 0 spiro atoms. The molecule has 2 amide bonds. The number of aliphatic hydroxyl groups excluding tert-OH is 1. The summed E-state index contributed by atoms with van der Waals surface area (Å²) in [5, 5.41) is 11.7. The molecule has 2 N–H and O–H groups in total. The fourth-order valence-corrected chi connectivity index (χ4v) is 3.40. The van der Waals surface area contributed by atoms with Gasteiger partial charge in [-0.1, -0.05) is 0 Å². The number of nitrogens with one attached hydrogen (secondary N) is 1. The van der Waals surface area contributed by atoms with Gasteiger partial charge in [-0.15, -0.1) is 0 Å². The summed E-state index contributed by atoms with van der Waals surface area (Å²) in [6.45, 7) is 9.05. The predicted octanol–water partition coefficient (Wildman–Crippen LogP) is 3.74. The lowest BCUT2D eigenvalue weighted by Crippen LogP contribution is -2.41. The van der Waals surface area contributed by atoms with E-state index in [9.17, 15) is 19.1 Å². The molecule has 1 fully saturated rings. The first-order valence-electron chi connectivity index (χ1n) is 10.9. The van der Waals surface area contributed by atoms with Gasteiger partial charge in [-0.3, -0.25) is 4.79 Å². The zero-order valence-electron chi connectivity index (χ0n) is 18.9. The van der Waals surface area contributed by atoms with Crippen molar-refractivity contribution in [2.75, 3.05) is 26.2 Å². The molecule has 7 nitrogen and oxygen atoms in total. The van der Waals surface area contributed by atoms with E-state index in [0.29, 0.717) is 31.4 Å². The van der Waals surface area contributed by atoms with Crippen LogP contribution >= 0.6 is 0 Å². The largest absolute Gasteiger partial charge is 0.493 e. The Balaban J connectivity index is 1.68. The predicted molar refractivity (Wildman–Crippen MR) is 116 cm³/mol. The number of carbonyl (C=O) groups is 2. The number of benzene rings is 1. The highest BCUT2D eigenvalue weighted by Gasteiger charge is 2.26. The van der Waals surface area contributed by atoms with Crippen LogP contribution in [0.2, 0.25) is 0 Å². The summed E-state index contributed by atoms with van der Waals surface area (Å²) in [5.41, 5.74) is -0.560. The minimum absolute atomic E-state index is 0.0627. The van der Waals surface area contributed by atoms with Gasteiger partial charge in [0.25, 0.3) is 5.91 Å². The zero-order chi connectivity index (χ0) is 23.0. The molecule has 0 radical (unpaired) electrons. The van der Waals surface area contributed by atoms with E-state index in [1.165, 1.54) is 19.1 Å². The lowest BCUT2D eigenvalue weighted by molar-refractivity contribution is 0.0179. The van der Waals surface area contributed by atoms with E-state index in [0.717, 1.165) is 25.7 Å². The average Bonchev–Trinajstić information content (AvgIpc) is 2.68. The highest BCUT2D eigenvalue weighted by molar-refractivity contribution is 5.94. The van der Waals surface area contributed by atoms with Gasteiger partial charge in [-0.05, 0) is 71.4 Å². The monoisotopic (exact) mass is 438 g/mol. The number of ether oxygens (including phenoxy) is 2. The molecule has 1 aliphatic heterocycles. The summed E-state index contributed by atoms with van der Waals surface area (Å²) in [4.78, 5) is 25.8. The van der Waals surface area contributed by atoms with Crippen LogP contribution in [0, 0.1) is 11.7 Å². The number of halogens is 1. The summed E-state index contributed by atoms with van der Waals surface area (Å²) < 4.78 is 25.2. The van der Waals surface area contributed by atoms with Crippen molar-refractivity contribution in [1.29, 1.82) is 0 Å². The van der Waals surface area contributed by atoms with E-state index in [1.54, 1.807) is 11.0 Å². The van der Waals surface area contributed by atoms with Crippen LogP contribution in [0.3, 0.4) is 0 Å². The highest BCUT2D eigenvalue weighted by Crippen LogP contribution is 2.24. The van der Waals surface area contributed by atoms with Crippen molar-refractivity contribution in [3.63, 3.8) is 0 Å². The maximum absolute atomic E-state index is 14.2. The normalized spacial score (nSPS) is 16.0. The van der Waals surface area contributed by atoms with Gasteiger partial charge >= 0.3 is 6.09 Å². The van der Waals surface area contributed by atoms with Gasteiger partial charge in [-0.25, -0.2) is 9.18 Å². The van der Waals surface area contributed by atoms with Crippen molar-refractivity contribution >= 4 is 12.0 Å². The summed E-state index contributed by atoms with van der Waals surface area (Å²) >= 11 is 0. The molecule has 0 bridgehead atoms. The van der Waals surface area contributed by atoms with Gasteiger partial charge in [-0.2, -0.15) is 0 Å². The molecule has 1 aromatic rings. The van der Waals surface area contributed by atoms with E-state index in [4.69, 9.17) is 9.47 Å². The number of amides is 2. The number of hydrogen-bond donors (Lipinski definition) is 2.